The zero-order valence-corrected chi connectivity index (χ0v) is 17.8. The fourth-order valence-electron chi connectivity index (χ4n) is 4.81. The molecule has 1 aliphatic heterocycles. The normalized spacial score (nSPS) is 21.1. The molecule has 32 heavy (non-hydrogen) atoms. The third-order valence-corrected chi connectivity index (χ3v) is 6.53. The van der Waals surface area contributed by atoms with Gasteiger partial charge >= 0.3 is 0 Å². The predicted molar refractivity (Wildman–Crippen MR) is 117 cm³/mol. The van der Waals surface area contributed by atoms with Gasteiger partial charge in [-0.05, 0) is 66.8 Å². The number of benzene rings is 2. The number of halogens is 2. The first-order valence-electron chi connectivity index (χ1n) is 11.1. The standard InChI is InChI=1S/C26H26F2N2O2/c27-21-8-6-18(7-9-21)25-17-29(16-24-5-2-12-32-24)14-20(25)15-30(23-10-11-23)26(31)19-3-1-4-22(28)13-19/h1-9,12-13,20,23,25H,10-11,14-17H2. The highest BCUT2D eigenvalue weighted by Gasteiger charge is 2.40. The van der Waals surface area contributed by atoms with Gasteiger partial charge in [-0.1, -0.05) is 18.2 Å². The Kier molecular flexibility index (Phi) is 5.79. The lowest BCUT2D eigenvalue weighted by atomic mass is 9.88. The maximum absolute atomic E-state index is 13.7. The molecular weight excluding hydrogens is 410 g/mol. The van der Waals surface area contributed by atoms with Crippen LogP contribution in [0.1, 0.15) is 40.4 Å². The van der Waals surface area contributed by atoms with E-state index in [0.717, 1.165) is 37.3 Å². The SMILES string of the molecule is O=C(c1cccc(F)c1)N(CC1CN(Cc2ccco2)CC1c1ccc(F)cc1)C1CC1. The lowest BCUT2D eigenvalue weighted by Gasteiger charge is -2.29. The highest BCUT2D eigenvalue weighted by atomic mass is 19.1. The molecule has 2 heterocycles. The Hall–Kier alpha value is -2.99. The van der Waals surface area contributed by atoms with E-state index in [2.05, 4.69) is 4.90 Å². The van der Waals surface area contributed by atoms with Gasteiger partial charge in [0.15, 0.2) is 0 Å². The molecule has 4 nitrogen and oxygen atoms in total. The zero-order valence-electron chi connectivity index (χ0n) is 17.8. The van der Waals surface area contributed by atoms with Crippen molar-refractivity contribution in [2.24, 2.45) is 5.92 Å². The fraction of sp³-hybridized carbons (Fsp3) is 0.346. The van der Waals surface area contributed by atoms with E-state index in [1.54, 1.807) is 18.4 Å². The van der Waals surface area contributed by atoms with E-state index in [1.165, 1.54) is 24.3 Å². The molecule has 1 amide bonds. The molecule has 1 aliphatic carbocycles. The molecular formula is C26H26F2N2O2. The minimum absolute atomic E-state index is 0.116. The van der Waals surface area contributed by atoms with E-state index < -0.39 is 5.82 Å². The molecule has 3 aromatic rings. The quantitative estimate of drug-likeness (QED) is 0.518. The van der Waals surface area contributed by atoms with Gasteiger partial charge in [0.25, 0.3) is 5.91 Å². The molecule has 0 radical (unpaired) electrons. The van der Waals surface area contributed by atoms with Gasteiger partial charge in [0.2, 0.25) is 0 Å². The molecule has 2 aromatic carbocycles. The highest BCUT2D eigenvalue weighted by molar-refractivity contribution is 5.94. The Morgan fingerprint density at radius 1 is 1.00 bits per heavy atom. The highest BCUT2D eigenvalue weighted by Crippen LogP contribution is 2.37. The summed E-state index contributed by atoms with van der Waals surface area (Å²) in [4.78, 5) is 17.5. The summed E-state index contributed by atoms with van der Waals surface area (Å²) < 4.78 is 32.8. The average Bonchev–Trinajstić information content (AvgIpc) is 3.36. The average molecular weight is 437 g/mol. The summed E-state index contributed by atoms with van der Waals surface area (Å²) in [7, 11) is 0. The number of furan rings is 1. The first kappa shape index (κ1) is 20.9. The molecule has 2 aliphatic rings. The summed E-state index contributed by atoms with van der Waals surface area (Å²) >= 11 is 0. The van der Waals surface area contributed by atoms with Crippen molar-refractivity contribution < 1.29 is 18.0 Å². The van der Waals surface area contributed by atoms with Gasteiger partial charge in [0, 0.05) is 37.2 Å². The van der Waals surface area contributed by atoms with Crippen molar-refractivity contribution in [3.8, 4) is 0 Å². The van der Waals surface area contributed by atoms with Crippen LogP contribution in [-0.4, -0.2) is 41.4 Å². The first-order chi connectivity index (χ1) is 15.6. The van der Waals surface area contributed by atoms with Gasteiger partial charge in [0.05, 0.1) is 12.8 Å². The number of amides is 1. The molecule has 6 heteroatoms. The number of likely N-dealkylation sites (tertiary alicyclic amines) is 1. The van der Waals surface area contributed by atoms with Gasteiger partial charge in [-0.3, -0.25) is 9.69 Å². The second-order valence-corrected chi connectivity index (χ2v) is 8.89. The van der Waals surface area contributed by atoms with Crippen LogP contribution in [-0.2, 0) is 6.54 Å². The van der Waals surface area contributed by atoms with Gasteiger partial charge in [-0.15, -0.1) is 0 Å². The summed E-state index contributed by atoms with van der Waals surface area (Å²) in [6.45, 7) is 2.91. The van der Waals surface area contributed by atoms with Crippen LogP contribution in [0.2, 0.25) is 0 Å². The summed E-state index contributed by atoms with van der Waals surface area (Å²) in [5.74, 6) is 0.492. The minimum Gasteiger partial charge on any atom is -0.468 e. The molecule has 0 spiro atoms. The van der Waals surface area contributed by atoms with Gasteiger partial charge < -0.3 is 9.32 Å². The maximum Gasteiger partial charge on any atom is 0.254 e. The van der Waals surface area contributed by atoms with Crippen molar-refractivity contribution in [1.82, 2.24) is 9.80 Å². The summed E-state index contributed by atoms with van der Waals surface area (Å²) in [5.41, 5.74) is 1.47. The zero-order chi connectivity index (χ0) is 22.1. The topological polar surface area (TPSA) is 36.7 Å². The van der Waals surface area contributed by atoms with Crippen LogP contribution in [0.5, 0.6) is 0 Å². The molecule has 2 atom stereocenters. The maximum atomic E-state index is 13.7. The number of nitrogens with zero attached hydrogens (tertiary/aromatic N) is 2. The second-order valence-electron chi connectivity index (χ2n) is 8.89. The summed E-state index contributed by atoms with van der Waals surface area (Å²) in [6.07, 6.45) is 3.63. The molecule has 166 valence electrons. The summed E-state index contributed by atoms with van der Waals surface area (Å²) in [5, 5.41) is 0. The molecule has 1 saturated heterocycles. The van der Waals surface area contributed by atoms with E-state index in [4.69, 9.17) is 4.42 Å². The van der Waals surface area contributed by atoms with Crippen molar-refractivity contribution in [2.45, 2.75) is 31.3 Å². The van der Waals surface area contributed by atoms with E-state index >= 15 is 0 Å². The smallest absolute Gasteiger partial charge is 0.254 e. The van der Waals surface area contributed by atoms with E-state index in [1.807, 2.05) is 29.2 Å². The number of carbonyl (C=O) groups is 1. The molecule has 0 bridgehead atoms. The van der Waals surface area contributed by atoms with Crippen molar-refractivity contribution in [1.29, 1.82) is 0 Å². The molecule has 1 aromatic heterocycles. The van der Waals surface area contributed by atoms with Crippen LogP contribution in [0.25, 0.3) is 0 Å². The Bertz CT molecular complexity index is 1060. The Morgan fingerprint density at radius 2 is 1.81 bits per heavy atom. The van der Waals surface area contributed by atoms with E-state index in [-0.39, 0.29) is 29.6 Å². The summed E-state index contributed by atoms with van der Waals surface area (Å²) in [6, 6.07) is 16.7. The van der Waals surface area contributed by atoms with Gasteiger partial charge in [-0.2, -0.15) is 0 Å². The largest absolute Gasteiger partial charge is 0.468 e. The lowest BCUT2D eigenvalue weighted by molar-refractivity contribution is 0.0710. The van der Waals surface area contributed by atoms with Gasteiger partial charge in [0.1, 0.15) is 17.4 Å². The minimum atomic E-state index is -0.402. The molecule has 5 rings (SSSR count). The first-order valence-corrected chi connectivity index (χ1v) is 11.1. The van der Waals surface area contributed by atoms with Crippen LogP contribution in [0, 0.1) is 17.6 Å². The van der Waals surface area contributed by atoms with Crippen LogP contribution in [0.15, 0.2) is 71.3 Å². The third kappa shape index (κ3) is 4.60. The molecule has 2 fully saturated rings. The van der Waals surface area contributed by atoms with E-state index in [9.17, 15) is 13.6 Å². The number of rotatable bonds is 7. The molecule has 1 saturated carbocycles. The number of carbonyl (C=O) groups excluding carboxylic acids is 1. The Labute approximate surface area is 186 Å². The van der Waals surface area contributed by atoms with E-state index in [0.29, 0.717) is 18.7 Å². The number of hydrogen-bond acceptors (Lipinski definition) is 3. The fourth-order valence-corrected chi connectivity index (χ4v) is 4.81. The van der Waals surface area contributed by atoms with Gasteiger partial charge in [-0.25, -0.2) is 8.78 Å². The Balaban J connectivity index is 1.38. The second kappa shape index (κ2) is 8.87. The van der Waals surface area contributed by atoms with Crippen LogP contribution in [0.4, 0.5) is 8.78 Å². The predicted octanol–water partition coefficient (Wildman–Crippen LogP) is 5.08. The van der Waals surface area contributed by atoms with Crippen molar-refractivity contribution in [3.05, 3.63) is 95.4 Å². The monoisotopic (exact) mass is 436 g/mol. The Morgan fingerprint density at radius 3 is 2.50 bits per heavy atom. The number of hydrogen-bond donors (Lipinski definition) is 0. The van der Waals surface area contributed by atoms with Crippen LogP contribution >= 0.6 is 0 Å². The third-order valence-electron chi connectivity index (χ3n) is 6.53. The van der Waals surface area contributed by atoms with Crippen molar-refractivity contribution in [3.63, 3.8) is 0 Å². The molecule has 2 unspecified atom stereocenters. The van der Waals surface area contributed by atoms with Crippen LogP contribution < -0.4 is 0 Å². The van der Waals surface area contributed by atoms with Crippen LogP contribution in [0.3, 0.4) is 0 Å². The lowest BCUT2D eigenvalue weighted by Crippen LogP contribution is -2.39. The molecule has 0 N–H and O–H groups in total. The van der Waals surface area contributed by atoms with Crippen molar-refractivity contribution in [2.75, 3.05) is 19.6 Å². The van der Waals surface area contributed by atoms with Crippen molar-refractivity contribution >= 4 is 5.91 Å².